The maximum absolute atomic E-state index is 6.36. The van der Waals surface area contributed by atoms with Crippen molar-refractivity contribution < 1.29 is 0 Å². The molecule has 0 spiro atoms. The molecule has 1 unspecified atom stereocenters. The molecule has 94 valence electrons. The molecule has 0 fully saturated rings. The van der Waals surface area contributed by atoms with E-state index in [4.69, 9.17) is 5.73 Å². The predicted octanol–water partition coefficient (Wildman–Crippen LogP) is 3.91. The van der Waals surface area contributed by atoms with E-state index in [1.54, 1.807) is 0 Å². The molecule has 0 saturated carbocycles. The summed E-state index contributed by atoms with van der Waals surface area (Å²) in [6, 6.07) is 15.0. The van der Waals surface area contributed by atoms with Crippen molar-refractivity contribution in [3.8, 4) is 0 Å². The highest BCUT2D eigenvalue weighted by molar-refractivity contribution is 5.39. The fourth-order valence-corrected chi connectivity index (χ4v) is 2.31. The summed E-state index contributed by atoms with van der Waals surface area (Å²) in [5.74, 6) is 0. The van der Waals surface area contributed by atoms with Gasteiger partial charge in [-0.25, -0.2) is 0 Å². The molecule has 0 amide bonds. The van der Waals surface area contributed by atoms with Crippen LogP contribution in [0.15, 0.2) is 42.5 Å². The average molecular weight is 239 g/mol. The van der Waals surface area contributed by atoms with E-state index in [1.165, 1.54) is 27.8 Å². The molecule has 2 rings (SSSR count). The molecule has 2 N–H and O–H groups in total. The summed E-state index contributed by atoms with van der Waals surface area (Å²) in [5.41, 5.74) is 12.7. The van der Waals surface area contributed by atoms with Crippen molar-refractivity contribution >= 4 is 0 Å². The van der Waals surface area contributed by atoms with Crippen LogP contribution in [0.25, 0.3) is 0 Å². The highest BCUT2D eigenvalue weighted by Crippen LogP contribution is 2.23. The van der Waals surface area contributed by atoms with E-state index < -0.39 is 0 Å². The van der Waals surface area contributed by atoms with E-state index in [1.807, 2.05) is 0 Å². The summed E-state index contributed by atoms with van der Waals surface area (Å²) in [6.45, 7) is 6.40. The molecule has 0 aliphatic heterocycles. The molecule has 0 heterocycles. The monoisotopic (exact) mass is 239 g/mol. The van der Waals surface area contributed by atoms with Gasteiger partial charge < -0.3 is 5.73 Å². The predicted molar refractivity (Wildman–Crippen MR) is 77.8 cm³/mol. The lowest BCUT2D eigenvalue weighted by atomic mass is 9.94. The minimum absolute atomic E-state index is 0.0310. The SMILES string of the molecule is CCc1ccc(C(N)c2ccc(C)cc2C)cc1. The van der Waals surface area contributed by atoms with Crippen molar-refractivity contribution in [2.45, 2.75) is 33.2 Å². The third kappa shape index (κ3) is 2.62. The number of aryl methyl sites for hydroxylation is 3. The molecule has 0 radical (unpaired) electrons. The van der Waals surface area contributed by atoms with Crippen LogP contribution in [-0.4, -0.2) is 0 Å². The van der Waals surface area contributed by atoms with Crippen molar-refractivity contribution in [2.75, 3.05) is 0 Å². The van der Waals surface area contributed by atoms with Crippen LogP contribution in [0.2, 0.25) is 0 Å². The molecule has 1 heteroatoms. The zero-order chi connectivity index (χ0) is 13.1. The smallest absolute Gasteiger partial charge is 0.0554 e. The van der Waals surface area contributed by atoms with E-state index in [2.05, 4.69) is 63.2 Å². The Labute approximate surface area is 110 Å². The van der Waals surface area contributed by atoms with Gasteiger partial charge in [0, 0.05) is 0 Å². The Morgan fingerprint density at radius 3 is 2.22 bits per heavy atom. The van der Waals surface area contributed by atoms with Gasteiger partial charge in [-0.3, -0.25) is 0 Å². The quantitative estimate of drug-likeness (QED) is 0.863. The minimum Gasteiger partial charge on any atom is -0.320 e. The molecule has 1 atom stereocenters. The summed E-state index contributed by atoms with van der Waals surface area (Å²) in [5, 5.41) is 0. The summed E-state index contributed by atoms with van der Waals surface area (Å²) in [6.07, 6.45) is 1.07. The van der Waals surface area contributed by atoms with Gasteiger partial charge in [-0.15, -0.1) is 0 Å². The number of hydrogen-bond donors (Lipinski definition) is 1. The number of rotatable bonds is 3. The first kappa shape index (κ1) is 12.8. The zero-order valence-electron chi connectivity index (χ0n) is 11.4. The van der Waals surface area contributed by atoms with E-state index >= 15 is 0 Å². The summed E-state index contributed by atoms with van der Waals surface area (Å²) >= 11 is 0. The van der Waals surface area contributed by atoms with Crippen LogP contribution in [0.3, 0.4) is 0 Å². The Bertz CT molecular complexity index is 526. The van der Waals surface area contributed by atoms with Crippen molar-refractivity contribution in [3.05, 3.63) is 70.3 Å². The number of nitrogens with two attached hydrogens (primary N) is 1. The van der Waals surface area contributed by atoms with Crippen LogP contribution < -0.4 is 5.73 Å². The van der Waals surface area contributed by atoms with E-state index in [0.29, 0.717) is 0 Å². The Morgan fingerprint density at radius 2 is 1.67 bits per heavy atom. The fourth-order valence-electron chi connectivity index (χ4n) is 2.31. The van der Waals surface area contributed by atoms with E-state index in [0.717, 1.165) is 6.42 Å². The van der Waals surface area contributed by atoms with Gasteiger partial charge >= 0.3 is 0 Å². The van der Waals surface area contributed by atoms with Crippen LogP contribution in [0.4, 0.5) is 0 Å². The normalized spacial score (nSPS) is 12.4. The topological polar surface area (TPSA) is 26.0 Å². The van der Waals surface area contributed by atoms with Gasteiger partial charge in [0.05, 0.1) is 6.04 Å². The first-order valence-electron chi connectivity index (χ1n) is 6.53. The van der Waals surface area contributed by atoms with Gasteiger partial charge in [0.15, 0.2) is 0 Å². The Kier molecular flexibility index (Phi) is 3.83. The molecular formula is C17H21N. The largest absolute Gasteiger partial charge is 0.320 e. The maximum Gasteiger partial charge on any atom is 0.0554 e. The maximum atomic E-state index is 6.36. The van der Waals surface area contributed by atoms with Gasteiger partial charge in [-0.1, -0.05) is 55.0 Å². The van der Waals surface area contributed by atoms with Gasteiger partial charge in [0.2, 0.25) is 0 Å². The van der Waals surface area contributed by atoms with Crippen molar-refractivity contribution in [1.29, 1.82) is 0 Å². The highest BCUT2D eigenvalue weighted by Gasteiger charge is 2.11. The Balaban J connectivity index is 2.31. The van der Waals surface area contributed by atoms with Crippen molar-refractivity contribution in [3.63, 3.8) is 0 Å². The van der Waals surface area contributed by atoms with E-state index in [9.17, 15) is 0 Å². The molecule has 0 saturated heterocycles. The van der Waals surface area contributed by atoms with Crippen LogP contribution in [0, 0.1) is 13.8 Å². The van der Waals surface area contributed by atoms with Crippen LogP contribution in [0.5, 0.6) is 0 Å². The van der Waals surface area contributed by atoms with Gasteiger partial charge in [-0.05, 0) is 42.5 Å². The van der Waals surface area contributed by atoms with Crippen LogP contribution >= 0.6 is 0 Å². The molecule has 1 nitrogen and oxygen atoms in total. The summed E-state index contributed by atoms with van der Waals surface area (Å²) in [4.78, 5) is 0. The first-order chi connectivity index (χ1) is 8.61. The second kappa shape index (κ2) is 5.36. The molecule has 0 aliphatic rings. The Hall–Kier alpha value is -1.60. The van der Waals surface area contributed by atoms with Gasteiger partial charge in [0.1, 0.15) is 0 Å². The second-order valence-corrected chi connectivity index (χ2v) is 4.93. The molecule has 18 heavy (non-hydrogen) atoms. The first-order valence-corrected chi connectivity index (χ1v) is 6.53. The highest BCUT2D eigenvalue weighted by atomic mass is 14.6. The lowest BCUT2D eigenvalue weighted by Gasteiger charge is -2.16. The van der Waals surface area contributed by atoms with Gasteiger partial charge in [0.25, 0.3) is 0 Å². The molecule has 2 aromatic rings. The lowest BCUT2D eigenvalue weighted by Crippen LogP contribution is -2.13. The standard InChI is InChI=1S/C17H21N/c1-4-14-6-8-15(9-7-14)17(18)16-10-5-12(2)11-13(16)3/h5-11,17H,4,18H2,1-3H3. The Morgan fingerprint density at radius 1 is 1.00 bits per heavy atom. The van der Waals surface area contributed by atoms with E-state index in [-0.39, 0.29) is 6.04 Å². The molecule has 0 aliphatic carbocycles. The third-order valence-electron chi connectivity index (χ3n) is 3.51. The van der Waals surface area contributed by atoms with Gasteiger partial charge in [-0.2, -0.15) is 0 Å². The number of benzene rings is 2. The fraction of sp³-hybridized carbons (Fsp3) is 0.294. The average Bonchev–Trinajstić information content (AvgIpc) is 2.38. The minimum atomic E-state index is -0.0310. The molecule has 0 aromatic heterocycles. The van der Waals surface area contributed by atoms with Crippen LogP contribution in [-0.2, 0) is 6.42 Å². The summed E-state index contributed by atoms with van der Waals surface area (Å²) < 4.78 is 0. The molecule has 0 bridgehead atoms. The van der Waals surface area contributed by atoms with Crippen molar-refractivity contribution in [2.24, 2.45) is 5.73 Å². The lowest BCUT2D eigenvalue weighted by molar-refractivity contribution is 0.859. The second-order valence-electron chi connectivity index (χ2n) is 4.93. The van der Waals surface area contributed by atoms with Crippen LogP contribution in [0.1, 0.15) is 40.8 Å². The molecular weight excluding hydrogens is 218 g/mol. The third-order valence-corrected chi connectivity index (χ3v) is 3.51. The molecule has 2 aromatic carbocycles. The summed E-state index contributed by atoms with van der Waals surface area (Å²) in [7, 11) is 0. The zero-order valence-corrected chi connectivity index (χ0v) is 11.4. The number of hydrogen-bond acceptors (Lipinski definition) is 1. The van der Waals surface area contributed by atoms with Crippen molar-refractivity contribution in [1.82, 2.24) is 0 Å².